The molecule has 2 rings (SSSR count). The average Bonchev–Trinajstić information content (AvgIpc) is 2.47. The van der Waals surface area contributed by atoms with Crippen molar-refractivity contribution >= 4 is 0 Å². The van der Waals surface area contributed by atoms with Gasteiger partial charge in [-0.3, -0.25) is 4.90 Å². The Balaban J connectivity index is 1.80. The first-order chi connectivity index (χ1) is 9.69. The van der Waals surface area contributed by atoms with Crippen molar-refractivity contribution in [2.75, 3.05) is 32.8 Å². The third-order valence-electron chi connectivity index (χ3n) is 3.44. The minimum absolute atomic E-state index is 0.102. The molecule has 108 valence electrons. The highest BCUT2D eigenvalue weighted by Gasteiger charge is 2.13. The number of ether oxygens (including phenoxy) is 1. The monoisotopic (exact) mass is 277 g/mol. The average molecular weight is 277 g/mol. The number of benzene rings is 1. The molecule has 0 spiro atoms. The van der Waals surface area contributed by atoms with E-state index in [0.717, 1.165) is 38.4 Å². The SMILES string of the molecule is CC(CN1CCOCC1)NCc1ccc(F)c(C#N)c1. The Kier molecular flexibility index (Phi) is 5.48. The summed E-state index contributed by atoms with van der Waals surface area (Å²) in [4.78, 5) is 2.37. The van der Waals surface area contributed by atoms with Crippen LogP contribution >= 0.6 is 0 Å². The number of nitrogens with one attached hydrogen (secondary N) is 1. The lowest BCUT2D eigenvalue weighted by atomic mass is 10.1. The summed E-state index contributed by atoms with van der Waals surface area (Å²) < 4.78 is 18.5. The van der Waals surface area contributed by atoms with Crippen molar-refractivity contribution in [1.82, 2.24) is 10.2 Å². The highest BCUT2D eigenvalue weighted by molar-refractivity contribution is 5.34. The predicted molar refractivity (Wildman–Crippen MR) is 74.7 cm³/mol. The quantitative estimate of drug-likeness (QED) is 0.886. The zero-order valence-corrected chi connectivity index (χ0v) is 11.7. The van der Waals surface area contributed by atoms with Crippen LogP contribution in [0.2, 0.25) is 0 Å². The maximum Gasteiger partial charge on any atom is 0.140 e. The van der Waals surface area contributed by atoms with Crippen LogP contribution in [-0.2, 0) is 11.3 Å². The number of nitrogens with zero attached hydrogens (tertiary/aromatic N) is 2. The van der Waals surface area contributed by atoms with Crippen LogP contribution < -0.4 is 5.32 Å². The Morgan fingerprint density at radius 2 is 2.20 bits per heavy atom. The molecule has 0 bridgehead atoms. The van der Waals surface area contributed by atoms with Gasteiger partial charge in [-0.2, -0.15) is 5.26 Å². The fourth-order valence-corrected chi connectivity index (χ4v) is 2.30. The molecule has 0 aliphatic carbocycles. The summed E-state index contributed by atoms with van der Waals surface area (Å²) in [6.07, 6.45) is 0. The highest BCUT2D eigenvalue weighted by atomic mass is 19.1. The summed E-state index contributed by atoms with van der Waals surface area (Å²) in [5.74, 6) is -0.461. The lowest BCUT2D eigenvalue weighted by Gasteiger charge is -2.29. The molecule has 1 aliphatic rings. The highest BCUT2D eigenvalue weighted by Crippen LogP contribution is 2.09. The Hall–Kier alpha value is -1.48. The van der Waals surface area contributed by atoms with Gasteiger partial charge in [-0.15, -0.1) is 0 Å². The van der Waals surface area contributed by atoms with Crippen molar-refractivity contribution in [1.29, 1.82) is 5.26 Å². The Morgan fingerprint density at radius 1 is 1.45 bits per heavy atom. The number of morpholine rings is 1. The topological polar surface area (TPSA) is 48.3 Å². The summed E-state index contributed by atoms with van der Waals surface area (Å²) >= 11 is 0. The summed E-state index contributed by atoms with van der Waals surface area (Å²) in [5, 5.41) is 12.2. The van der Waals surface area contributed by atoms with Crippen LogP contribution in [0.5, 0.6) is 0 Å². The van der Waals surface area contributed by atoms with Gasteiger partial charge in [0, 0.05) is 32.2 Å². The lowest BCUT2D eigenvalue weighted by molar-refractivity contribution is 0.0343. The minimum atomic E-state index is -0.461. The van der Waals surface area contributed by atoms with Gasteiger partial charge >= 0.3 is 0 Å². The van der Waals surface area contributed by atoms with Gasteiger partial charge in [0.25, 0.3) is 0 Å². The standard InChI is InChI=1S/C15H20FN3O/c1-12(11-19-4-6-20-7-5-19)18-10-13-2-3-15(16)14(8-13)9-17/h2-3,8,12,18H,4-7,10-11H2,1H3. The number of nitriles is 1. The molecule has 0 radical (unpaired) electrons. The first kappa shape index (κ1) is 14.9. The van der Waals surface area contributed by atoms with E-state index < -0.39 is 5.82 Å². The third-order valence-corrected chi connectivity index (χ3v) is 3.44. The fourth-order valence-electron chi connectivity index (χ4n) is 2.30. The summed E-state index contributed by atoms with van der Waals surface area (Å²) in [7, 11) is 0. The van der Waals surface area contributed by atoms with Crippen LogP contribution in [-0.4, -0.2) is 43.8 Å². The van der Waals surface area contributed by atoms with Gasteiger partial charge in [0.1, 0.15) is 11.9 Å². The molecule has 1 heterocycles. The largest absolute Gasteiger partial charge is 0.379 e. The summed E-state index contributed by atoms with van der Waals surface area (Å²) in [6, 6.07) is 6.86. The second-order valence-electron chi connectivity index (χ2n) is 5.12. The first-order valence-corrected chi connectivity index (χ1v) is 6.91. The third kappa shape index (κ3) is 4.27. The van der Waals surface area contributed by atoms with Crippen molar-refractivity contribution in [3.05, 3.63) is 35.1 Å². The van der Waals surface area contributed by atoms with Crippen LogP contribution in [0.1, 0.15) is 18.1 Å². The molecule has 0 aromatic heterocycles. The zero-order valence-electron chi connectivity index (χ0n) is 11.7. The first-order valence-electron chi connectivity index (χ1n) is 6.91. The van der Waals surface area contributed by atoms with Crippen LogP contribution in [0.25, 0.3) is 0 Å². The van der Waals surface area contributed by atoms with E-state index in [2.05, 4.69) is 17.1 Å². The van der Waals surface area contributed by atoms with Gasteiger partial charge in [-0.05, 0) is 24.6 Å². The maximum atomic E-state index is 13.2. The lowest BCUT2D eigenvalue weighted by Crippen LogP contribution is -2.44. The molecule has 1 aromatic rings. The van der Waals surface area contributed by atoms with Gasteiger partial charge in [0.2, 0.25) is 0 Å². The van der Waals surface area contributed by atoms with Crippen LogP contribution in [0, 0.1) is 17.1 Å². The Bertz CT molecular complexity index is 480. The second-order valence-corrected chi connectivity index (χ2v) is 5.12. The van der Waals surface area contributed by atoms with Gasteiger partial charge in [0.15, 0.2) is 0 Å². The van der Waals surface area contributed by atoms with E-state index in [9.17, 15) is 4.39 Å². The van der Waals surface area contributed by atoms with Crippen LogP contribution in [0.4, 0.5) is 4.39 Å². The van der Waals surface area contributed by atoms with Crippen molar-refractivity contribution < 1.29 is 9.13 Å². The van der Waals surface area contributed by atoms with Crippen molar-refractivity contribution in [2.45, 2.75) is 19.5 Å². The summed E-state index contributed by atoms with van der Waals surface area (Å²) in [5.41, 5.74) is 1.03. The van der Waals surface area contributed by atoms with Crippen LogP contribution in [0.3, 0.4) is 0 Å². The number of halogens is 1. The van der Waals surface area contributed by atoms with Crippen LogP contribution in [0.15, 0.2) is 18.2 Å². The van der Waals surface area contributed by atoms with E-state index in [1.165, 1.54) is 6.07 Å². The number of hydrogen-bond donors (Lipinski definition) is 1. The zero-order chi connectivity index (χ0) is 14.4. The molecular weight excluding hydrogens is 257 g/mol. The van der Waals surface area contributed by atoms with Crippen molar-refractivity contribution in [3.63, 3.8) is 0 Å². The maximum absolute atomic E-state index is 13.2. The molecule has 1 N–H and O–H groups in total. The van der Waals surface area contributed by atoms with Gasteiger partial charge in [-0.1, -0.05) is 6.07 Å². The van der Waals surface area contributed by atoms with E-state index in [1.54, 1.807) is 12.1 Å². The normalized spacial score (nSPS) is 17.6. The van der Waals surface area contributed by atoms with E-state index in [4.69, 9.17) is 10.00 Å². The Labute approximate surface area is 119 Å². The minimum Gasteiger partial charge on any atom is -0.379 e. The molecule has 1 aromatic carbocycles. The second kappa shape index (κ2) is 7.34. The molecule has 1 aliphatic heterocycles. The molecule has 0 amide bonds. The van der Waals surface area contributed by atoms with Crippen molar-refractivity contribution in [2.24, 2.45) is 0 Å². The molecule has 5 heteroatoms. The molecule has 4 nitrogen and oxygen atoms in total. The van der Waals surface area contributed by atoms with E-state index in [1.807, 2.05) is 6.07 Å². The molecule has 1 saturated heterocycles. The number of rotatable bonds is 5. The smallest absolute Gasteiger partial charge is 0.140 e. The molecule has 1 unspecified atom stereocenters. The fraction of sp³-hybridized carbons (Fsp3) is 0.533. The molecule has 1 fully saturated rings. The van der Waals surface area contributed by atoms with Gasteiger partial charge < -0.3 is 10.1 Å². The molecular formula is C15H20FN3O. The molecule has 0 saturated carbocycles. The van der Waals surface area contributed by atoms with E-state index in [-0.39, 0.29) is 5.56 Å². The van der Waals surface area contributed by atoms with Crippen molar-refractivity contribution in [3.8, 4) is 6.07 Å². The predicted octanol–water partition coefficient (Wildman–Crippen LogP) is 1.51. The van der Waals surface area contributed by atoms with Gasteiger partial charge in [0.05, 0.1) is 18.8 Å². The molecule has 1 atom stereocenters. The summed E-state index contributed by atoms with van der Waals surface area (Å²) in [6.45, 7) is 7.29. The van der Waals surface area contributed by atoms with E-state index >= 15 is 0 Å². The Morgan fingerprint density at radius 3 is 2.90 bits per heavy atom. The molecule has 20 heavy (non-hydrogen) atoms. The number of hydrogen-bond acceptors (Lipinski definition) is 4. The van der Waals surface area contributed by atoms with E-state index in [0.29, 0.717) is 12.6 Å². The van der Waals surface area contributed by atoms with Gasteiger partial charge in [-0.25, -0.2) is 4.39 Å².